The summed E-state index contributed by atoms with van der Waals surface area (Å²) < 4.78 is 5.79. The summed E-state index contributed by atoms with van der Waals surface area (Å²) in [6, 6.07) is 8.44. The lowest BCUT2D eigenvalue weighted by Gasteiger charge is -2.42. The molecule has 0 spiro atoms. The van der Waals surface area contributed by atoms with Crippen LogP contribution in [0.1, 0.15) is 25.8 Å². The number of hydrogen-bond donors (Lipinski definition) is 1. The van der Waals surface area contributed by atoms with E-state index in [0.29, 0.717) is 13.2 Å². The van der Waals surface area contributed by atoms with Gasteiger partial charge in [-0.2, -0.15) is 0 Å². The molecular weight excluding hydrogens is 374 g/mol. The molecule has 2 aliphatic rings. The zero-order valence-corrected chi connectivity index (χ0v) is 17.9. The SMILES string of the molecule is Cc1cccc2cc(N3CCOCC3CN3CC(C)CC(C)C3)c(=O)[nH]c12.Cl. The smallest absolute Gasteiger partial charge is 0.272 e. The predicted octanol–water partition coefficient (Wildman–Crippen LogP) is 3.44. The maximum absolute atomic E-state index is 12.9. The highest BCUT2D eigenvalue weighted by atomic mass is 35.5. The first kappa shape index (κ1) is 21.2. The Labute approximate surface area is 173 Å². The van der Waals surface area contributed by atoms with Crippen molar-refractivity contribution in [2.24, 2.45) is 11.8 Å². The molecule has 5 nitrogen and oxygen atoms in total. The lowest BCUT2D eigenvalue weighted by atomic mass is 9.91. The van der Waals surface area contributed by atoms with E-state index in [1.165, 1.54) is 6.42 Å². The van der Waals surface area contributed by atoms with Crippen LogP contribution in [0.15, 0.2) is 29.1 Å². The first-order valence-corrected chi connectivity index (χ1v) is 10.2. The van der Waals surface area contributed by atoms with Gasteiger partial charge in [-0.25, -0.2) is 0 Å². The number of pyridine rings is 1. The van der Waals surface area contributed by atoms with E-state index in [1.807, 2.05) is 19.1 Å². The molecule has 3 unspecified atom stereocenters. The maximum Gasteiger partial charge on any atom is 0.272 e. The van der Waals surface area contributed by atoms with Crippen LogP contribution in [-0.4, -0.2) is 55.3 Å². The number of rotatable bonds is 3. The van der Waals surface area contributed by atoms with E-state index < -0.39 is 0 Å². The molecule has 2 fully saturated rings. The number of anilines is 1. The average Bonchev–Trinajstić information content (AvgIpc) is 2.62. The van der Waals surface area contributed by atoms with Gasteiger partial charge in [0.05, 0.1) is 24.8 Å². The zero-order valence-electron chi connectivity index (χ0n) is 17.1. The van der Waals surface area contributed by atoms with Crippen LogP contribution in [0, 0.1) is 18.8 Å². The molecule has 28 heavy (non-hydrogen) atoms. The number of hydrogen-bond acceptors (Lipinski definition) is 4. The van der Waals surface area contributed by atoms with Gasteiger partial charge in [0, 0.05) is 31.6 Å². The van der Waals surface area contributed by atoms with Crippen molar-refractivity contribution in [2.45, 2.75) is 33.2 Å². The van der Waals surface area contributed by atoms with Crippen molar-refractivity contribution < 1.29 is 4.74 Å². The molecule has 1 aromatic carbocycles. The number of benzene rings is 1. The second-order valence-corrected chi connectivity index (χ2v) is 8.61. The fourth-order valence-corrected chi connectivity index (χ4v) is 4.95. The number of para-hydroxylation sites is 1. The molecule has 2 aliphatic heterocycles. The van der Waals surface area contributed by atoms with Gasteiger partial charge in [0.25, 0.3) is 5.56 Å². The molecule has 2 saturated heterocycles. The first-order chi connectivity index (χ1) is 13.0. The summed E-state index contributed by atoms with van der Waals surface area (Å²) >= 11 is 0. The lowest BCUT2D eigenvalue weighted by Crippen LogP contribution is -2.54. The molecule has 1 aromatic heterocycles. The fraction of sp³-hybridized carbons (Fsp3) is 0.591. The number of morpholine rings is 1. The molecule has 154 valence electrons. The molecule has 2 aromatic rings. The maximum atomic E-state index is 12.9. The highest BCUT2D eigenvalue weighted by molar-refractivity contribution is 5.85. The van der Waals surface area contributed by atoms with Crippen LogP contribution in [0.4, 0.5) is 5.69 Å². The number of nitrogens with one attached hydrogen (secondary N) is 1. The van der Waals surface area contributed by atoms with Crippen LogP contribution in [-0.2, 0) is 4.74 Å². The van der Waals surface area contributed by atoms with Gasteiger partial charge >= 0.3 is 0 Å². The van der Waals surface area contributed by atoms with Crippen molar-refractivity contribution in [3.63, 3.8) is 0 Å². The number of fused-ring (bicyclic) bond motifs is 1. The second-order valence-electron chi connectivity index (χ2n) is 8.61. The molecule has 3 atom stereocenters. The van der Waals surface area contributed by atoms with Crippen LogP contribution < -0.4 is 10.5 Å². The minimum absolute atomic E-state index is 0. The molecule has 0 bridgehead atoms. The fourth-order valence-electron chi connectivity index (χ4n) is 4.95. The summed E-state index contributed by atoms with van der Waals surface area (Å²) in [5.41, 5.74) is 2.82. The Morgan fingerprint density at radius 2 is 1.96 bits per heavy atom. The number of nitrogens with zero attached hydrogens (tertiary/aromatic N) is 2. The number of aromatic nitrogens is 1. The average molecular weight is 406 g/mol. The Balaban J connectivity index is 0.00000225. The third kappa shape index (κ3) is 4.37. The van der Waals surface area contributed by atoms with E-state index in [-0.39, 0.29) is 24.0 Å². The molecular formula is C22H32ClN3O2. The molecule has 3 heterocycles. The third-order valence-electron chi connectivity index (χ3n) is 6.02. The van der Waals surface area contributed by atoms with Crippen LogP contribution in [0.3, 0.4) is 0 Å². The molecule has 0 saturated carbocycles. The minimum Gasteiger partial charge on any atom is -0.377 e. The zero-order chi connectivity index (χ0) is 19.0. The standard InChI is InChI=1S/C22H31N3O2.ClH/c1-15-9-16(2)12-24(11-15)13-19-14-27-8-7-25(19)20-10-18-6-4-5-17(3)21(18)23-22(20)26;/h4-6,10,15-16,19H,7-9,11-14H2,1-3H3,(H,23,26);1H. The van der Waals surface area contributed by atoms with E-state index in [9.17, 15) is 4.79 Å². The quantitative estimate of drug-likeness (QED) is 0.849. The van der Waals surface area contributed by atoms with Crippen molar-refractivity contribution in [3.05, 3.63) is 40.2 Å². The molecule has 4 rings (SSSR count). The molecule has 0 aliphatic carbocycles. The van der Waals surface area contributed by atoms with Gasteiger partial charge in [-0.3, -0.25) is 4.79 Å². The topological polar surface area (TPSA) is 48.6 Å². The summed E-state index contributed by atoms with van der Waals surface area (Å²) in [6.07, 6.45) is 1.31. The molecule has 0 amide bonds. The Kier molecular flexibility index (Phi) is 6.69. The van der Waals surface area contributed by atoms with Gasteiger partial charge in [0.2, 0.25) is 0 Å². The van der Waals surface area contributed by atoms with Crippen molar-refractivity contribution in [3.8, 4) is 0 Å². The van der Waals surface area contributed by atoms with Crippen LogP contribution in [0.25, 0.3) is 10.9 Å². The van der Waals surface area contributed by atoms with Gasteiger partial charge in [0.1, 0.15) is 5.69 Å². The number of likely N-dealkylation sites (tertiary alicyclic amines) is 1. The number of piperidine rings is 1. The normalized spacial score (nSPS) is 26.2. The largest absolute Gasteiger partial charge is 0.377 e. The van der Waals surface area contributed by atoms with Gasteiger partial charge in [-0.15, -0.1) is 12.4 Å². The Hall–Kier alpha value is -1.56. The van der Waals surface area contributed by atoms with E-state index in [4.69, 9.17) is 4.74 Å². The van der Waals surface area contributed by atoms with Crippen LogP contribution >= 0.6 is 12.4 Å². The Morgan fingerprint density at radius 1 is 1.21 bits per heavy atom. The summed E-state index contributed by atoms with van der Waals surface area (Å²) in [7, 11) is 0. The monoisotopic (exact) mass is 405 g/mol. The molecule has 0 radical (unpaired) electrons. The number of aromatic amines is 1. The van der Waals surface area contributed by atoms with E-state index in [0.717, 1.165) is 60.2 Å². The van der Waals surface area contributed by atoms with Crippen LogP contribution in [0.2, 0.25) is 0 Å². The summed E-state index contributed by atoms with van der Waals surface area (Å²) in [6.45, 7) is 12.1. The van der Waals surface area contributed by atoms with Crippen molar-refractivity contribution in [1.82, 2.24) is 9.88 Å². The number of ether oxygens (including phenoxy) is 1. The number of aryl methyl sites for hydroxylation is 1. The van der Waals surface area contributed by atoms with Gasteiger partial charge < -0.3 is 19.5 Å². The third-order valence-corrected chi connectivity index (χ3v) is 6.02. The van der Waals surface area contributed by atoms with E-state index in [2.05, 4.69) is 40.8 Å². The highest BCUT2D eigenvalue weighted by Gasteiger charge is 2.30. The predicted molar refractivity (Wildman–Crippen MR) is 118 cm³/mol. The van der Waals surface area contributed by atoms with Crippen molar-refractivity contribution in [1.29, 1.82) is 0 Å². The number of halogens is 1. The van der Waals surface area contributed by atoms with Gasteiger partial charge in [-0.1, -0.05) is 32.0 Å². The van der Waals surface area contributed by atoms with Gasteiger partial charge in [0.15, 0.2) is 0 Å². The number of H-pyrrole nitrogens is 1. The minimum atomic E-state index is 0. The summed E-state index contributed by atoms with van der Waals surface area (Å²) in [5, 5.41) is 1.09. The Morgan fingerprint density at radius 3 is 2.71 bits per heavy atom. The highest BCUT2D eigenvalue weighted by Crippen LogP contribution is 2.25. The second kappa shape index (κ2) is 8.85. The summed E-state index contributed by atoms with van der Waals surface area (Å²) in [5.74, 6) is 1.47. The van der Waals surface area contributed by atoms with Crippen molar-refractivity contribution in [2.75, 3.05) is 44.3 Å². The van der Waals surface area contributed by atoms with Gasteiger partial charge in [-0.05, 0) is 36.8 Å². The summed E-state index contributed by atoms with van der Waals surface area (Å²) in [4.78, 5) is 20.8. The lowest BCUT2D eigenvalue weighted by molar-refractivity contribution is 0.0634. The molecule has 6 heteroatoms. The Bertz CT molecular complexity index is 858. The first-order valence-electron chi connectivity index (χ1n) is 10.2. The van der Waals surface area contributed by atoms with E-state index >= 15 is 0 Å². The van der Waals surface area contributed by atoms with Crippen molar-refractivity contribution >= 4 is 29.0 Å². The van der Waals surface area contributed by atoms with Crippen LogP contribution in [0.5, 0.6) is 0 Å². The van der Waals surface area contributed by atoms with E-state index in [1.54, 1.807) is 0 Å². The molecule has 1 N–H and O–H groups in total.